The maximum absolute atomic E-state index is 13.8. The molecule has 1 N–H and O–H groups in total. The monoisotopic (exact) mass is 523 g/mol. The third-order valence-corrected chi connectivity index (χ3v) is 7.10. The first-order chi connectivity index (χ1) is 17.4. The van der Waals surface area contributed by atoms with Gasteiger partial charge in [0.05, 0.1) is 12.1 Å². The summed E-state index contributed by atoms with van der Waals surface area (Å²) >= 11 is 6.99. The van der Waals surface area contributed by atoms with E-state index in [1.165, 1.54) is 16.7 Å². The average molecular weight is 524 g/mol. The number of nitrogens with zero attached hydrogens (tertiary/aromatic N) is 1. The van der Waals surface area contributed by atoms with Crippen molar-refractivity contribution < 1.29 is 23.4 Å². The number of aromatic hydroxyl groups is 1. The number of benzene rings is 3. The molecule has 1 aliphatic rings. The number of ether oxygens (including phenoxy) is 2. The molecule has 180 valence electrons. The minimum atomic E-state index is -0.806. The predicted octanol–water partition coefficient (Wildman–Crippen LogP) is 5.53. The molecule has 0 saturated carbocycles. The van der Waals surface area contributed by atoms with E-state index in [1.54, 1.807) is 48.5 Å². The molecule has 10 heteroatoms. The van der Waals surface area contributed by atoms with E-state index in [0.717, 1.165) is 11.8 Å². The van der Waals surface area contributed by atoms with Gasteiger partial charge in [0, 0.05) is 21.4 Å². The lowest BCUT2D eigenvalue weighted by molar-refractivity contribution is 0.174. The Kier molecular flexibility index (Phi) is 5.39. The summed E-state index contributed by atoms with van der Waals surface area (Å²) in [4.78, 5) is 27.2. The van der Waals surface area contributed by atoms with Crippen LogP contribution in [-0.4, -0.2) is 16.5 Å². The molecule has 0 atom stereocenters. The van der Waals surface area contributed by atoms with Crippen molar-refractivity contribution in [1.29, 1.82) is 0 Å². The van der Waals surface area contributed by atoms with Gasteiger partial charge < -0.3 is 23.6 Å². The third kappa shape index (κ3) is 3.77. The van der Waals surface area contributed by atoms with Gasteiger partial charge in [0.25, 0.3) is 5.56 Å². The van der Waals surface area contributed by atoms with E-state index < -0.39 is 22.8 Å². The lowest BCUT2D eigenvalue weighted by Gasteiger charge is -2.15. The molecule has 6 rings (SSSR count). The highest BCUT2D eigenvalue weighted by atomic mass is 35.5. The fourth-order valence-electron chi connectivity index (χ4n) is 4.14. The number of fused-ring (bicyclic) bond motifs is 4. The Morgan fingerprint density at radius 1 is 1.03 bits per heavy atom. The van der Waals surface area contributed by atoms with Crippen molar-refractivity contribution in [2.24, 2.45) is 0 Å². The topological polar surface area (TPSA) is 90.9 Å². The maximum Gasteiger partial charge on any atom is 0.354 e. The molecule has 1 aliphatic heterocycles. The summed E-state index contributed by atoms with van der Waals surface area (Å²) in [6.45, 7) is 0.0714. The van der Waals surface area contributed by atoms with Crippen LogP contribution in [0.3, 0.4) is 0 Å². The zero-order valence-corrected chi connectivity index (χ0v) is 19.9. The minimum Gasteiger partial charge on any atom is -0.505 e. The van der Waals surface area contributed by atoms with Gasteiger partial charge in [-0.05, 0) is 42.0 Å². The van der Waals surface area contributed by atoms with E-state index in [9.17, 15) is 19.1 Å². The first kappa shape index (κ1) is 22.5. The number of hydrogen-bond donors (Lipinski definition) is 1. The normalized spacial score (nSPS) is 12.5. The molecule has 0 saturated heterocycles. The first-order valence-corrected chi connectivity index (χ1v) is 11.9. The van der Waals surface area contributed by atoms with Crippen molar-refractivity contribution in [3.63, 3.8) is 0 Å². The van der Waals surface area contributed by atoms with Crippen LogP contribution in [0.25, 0.3) is 21.9 Å². The lowest BCUT2D eigenvalue weighted by atomic mass is 10.1. The molecule has 0 aliphatic carbocycles. The first-order valence-electron chi connectivity index (χ1n) is 10.7. The van der Waals surface area contributed by atoms with Crippen LogP contribution in [0, 0.1) is 5.82 Å². The van der Waals surface area contributed by atoms with Crippen molar-refractivity contribution in [3.8, 4) is 17.2 Å². The molecule has 0 fully saturated rings. The van der Waals surface area contributed by atoms with Crippen LogP contribution in [0.5, 0.6) is 17.2 Å². The van der Waals surface area contributed by atoms with Crippen LogP contribution >= 0.6 is 23.4 Å². The van der Waals surface area contributed by atoms with Gasteiger partial charge in [0.15, 0.2) is 22.8 Å². The Morgan fingerprint density at radius 3 is 2.53 bits per heavy atom. The Balaban J connectivity index is 1.64. The Bertz CT molecular complexity index is 1800. The van der Waals surface area contributed by atoms with Crippen LogP contribution in [0.2, 0.25) is 5.02 Å². The quantitative estimate of drug-likeness (QED) is 0.309. The SMILES string of the molecule is O=c1oc2c(c(O)c1Sc1cccc(Cl)c1)c(=O)n(Cc1ccc(F)cc1)c1cc3c(cc21)OCO3. The third-order valence-electron chi connectivity index (χ3n) is 5.81. The average Bonchev–Trinajstić information content (AvgIpc) is 3.32. The molecule has 0 amide bonds. The van der Waals surface area contributed by atoms with E-state index >= 15 is 0 Å². The largest absolute Gasteiger partial charge is 0.505 e. The maximum atomic E-state index is 13.8. The number of halogens is 2. The van der Waals surface area contributed by atoms with Crippen molar-refractivity contribution in [3.05, 3.63) is 97.8 Å². The molecular weight excluding hydrogens is 509 g/mol. The molecular formula is C26H15ClFNO6S. The van der Waals surface area contributed by atoms with Crippen LogP contribution in [0.15, 0.2) is 84.5 Å². The second-order valence-electron chi connectivity index (χ2n) is 8.07. The van der Waals surface area contributed by atoms with Gasteiger partial charge in [-0.15, -0.1) is 0 Å². The van der Waals surface area contributed by atoms with Gasteiger partial charge in [-0.1, -0.05) is 41.6 Å². The molecule has 0 radical (unpaired) electrons. The molecule has 3 aromatic carbocycles. The van der Waals surface area contributed by atoms with Gasteiger partial charge in [-0.2, -0.15) is 0 Å². The summed E-state index contributed by atoms with van der Waals surface area (Å²) in [6.07, 6.45) is 0. The fraction of sp³-hybridized carbons (Fsp3) is 0.0769. The summed E-state index contributed by atoms with van der Waals surface area (Å²) in [5, 5.41) is 11.9. The summed E-state index contributed by atoms with van der Waals surface area (Å²) in [5.41, 5.74) is -0.405. The fourth-order valence-corrected chi connectivity index (χ4v) is 5.29. The minimum absolute atomic E-state index is 0.00139. The highest BCUT2D eigenvalue weighted by molar-refractivity contribution is 7.99. The van der Waals surface area contributed by atoms with Crippen LogP contribution < -0.4 is 20.7 Å². The van der Waals surface area contributed by atoms with E-state index in [-0.39, 0.29) is 29.2 Å². The van der Waals surface area contributed by atoms with Crippen molar-refractivity contribution in [2.45, 2.75) is 16.3 Å². The van der Waals surface area contributed by atoms with E-state index in [4.69, 9.17) is 25.5 Å². The van der Waals surface area contributed by atoms with Crippen molar-refractivity contribution in [2.75, 3.05) is 6.79 Å². The van der Waals surface area contributed by atoms with Gasteiger partial charge in [0.2, 0.25) is 6.79 Å². The highest BCUT2D eigenvalue weighted by Gasteiger charge is 2.25. The van der Waals surface area contributed by atoms with Gasteiger partial charge >= 0.3 is 5.63 Å². The molecule has 0 spiro atoms. The molecule has 0 bridgehead atoms. The molecule has 2 aromatic heterocycles. The van der Waals surface area contributed by atoms with Crippen molar-refractivity contribution in [1.82, 2.24) is 4.57 Å². The smallest absolute Gasteiger partial charge is 0.354 e. The number of hydrogen-bond acceptors (Lipinski definition) is 7. The lowest BCUT2D eigenvalue weighted by Crippen LogP contribution is -2.23. The van der Waals surface area contributed by atoms with Gasteiger partial charge in [-0.3, -0.25) is 4.79 Å². The number of aromatic nitrogens is 1. The van der Waals surface area contributed by atoms with Gasteiger partial charge in [0.1, 0.15) is 16.1 Å². The summed E-state index contributed by atoms with van der Waals surface area (Å²) in [5.74, 6) is -0.0623. The van der Waals surface area contributed by atoms with Crippen LogP contribution in [0.4, 0.5) is 4.39 Å². The van der Waals surface area contributed by atoms with E-state index in [2.05, 4.69) is 0 Å². The standard InChI is InChI=1S/C26H15ClFNO6S/c27-14-2-1-3-16(8-14)36-24-22(30)21-23(35-26(24)32)17-9-19-20(34-12-33-19)10-18(17)29(25(21)31)11-13-4-6-15(28)7-5-13/h1-10,30H,11-12H2. The predicted molar refractivity (Wildman–Crippen MR) is 133 cm³/mol. The van der Waals surface area contributed by atoms with Gasteiger partial charge in [-0.25, -0.2) is 9.18 Å². The van der Waals surface area contributed by atoms with Crippen molar-refractivity contribution >= 4 is 45.2 Å². The molecule has 0 unspecified atom stereocenters. The molecule has 5 aromatic rings. The Morgan fingerprint density at radius 2 is 1.78 bits per heavy atom. The van der Waals surface area contributed by atoms with E-state index in [1.807, 2.05) is 0 Å². The summed E-state index contributed by atoms with van der Waals surface area (Å²) in [6, 6.07) is 15.7. The van der Waals surface area contributed by atoms with Crippen LogP contribution in [-0.2, 0) is 6.54 Å². The summed E-state index contributed by atoms with van der Waals surface area (Å²) in [7, 11) is 0. The summed E-state index contributed by atoms with van der Waals surface area (Å²) < 4.78 is 31.5. The molecule has 3 heterocycles. The zero-order valence-electron chi connectivity index (χ0n) is 18.3. The zero-order chi connectivity index (χ0) is 25.0. The second-order valence-corrected chi connectivity index (χ2v) is 9.59. The van der Waals surface area contributed by atoms with Crippen LogP contribution in [0.1, 0.15) is 5.56 Å². The van der Waals surface area contributed by atoms with E-state index in [0.29, 0.717) is 37.9 Å². The number of pyridine rings is 1. The highest BCUT2D eigenvalue weighted by Crippen LogP contribution is 2.41. The molecule has 7 nitrogen and oxygen atoms in total. The Labute approximate surface area is 211 Å². The Hall–Kier alpha value is -3.95. The molecule has 36 heavy (non-hydrogen) atoms. The second kappa shape index (κ2) is 8.61. The number of rotatable bonds is 4.